The highest BCUT2D eigenvalue weighted by Gasteiger charge is 2.15. The fourth-order valence-corrected chi connectivity index (χ4v) is 2.27. The van der Waals surface area contributed by atoms with Crippen molar-refractivity contribution in [2.75, 3.05) is 6.79 Å². The first kappa shape index (κ1) is 13.6. The lowest BCUT2D eigenvalue weighted by Crippen LogP contribution is -2.17. The van der Waals surface area contributed by atoms with Crippen LogP contribution in [0.15, 0.2) is 52.0 Å². The lowest BCUT2D eigenvalue weighted by Gasteiger charge is -2.02. The van der Waals surface area contributed by atoms with Crippen molar-refractivity contribution in [1.82, 2.24) is 5.43 Å². The van der Waals surface area contributed by atoms with Crippen molar-refractivity contribution in [3.63, 3.8) is 0 Å². The topological polar surface area (TPSA) is 59.9 Å². The number of fused-ring (bicyclic) bond motifs is 1. The lowest BCUT2D eigenvalue weighted by atomic mass is 10.2. The molecule has 106 valence electrons. The summed E-state index contributed by atoms with van der Waals surface area (Å²) in [6, 6.07) is 12.5. The van der Waals surface area contributed by atoms with Crippen LogP contribution in [0.5, 0.6) is 11.5 Å². The first-order valence-electron chi connectivity index (χ1n) is 6.21. The van der Waals surface area contributed by atoms with Crippen LogP contribution >= 0.6 is 15.9 Å². The van der Waals surface area contributed by atoms with E-state index in [2.05, 4.69) is 26.5 Å². The van der Waals surface area contributed by atoms with Crippen LogP contribution in [0.1, 0.15) is 15.9 Å². The van der Waals surface area contributed by atoms with E-state index >= 15 is 0 Å². The van der Waals surface area contributed by atoms with Gasteiger partial charge in [-0.2, -0.15) is 5.10 Å². The van der Waals surface area contributed by atoms with E-state index in [4.69, 9.17) is 9.47 Å². The molecule has 0 fully saturated rings. The molecule has 1 aliphatic rings. The average Bonchev–Trinajstić information content (AvgIpc) is 2.95. The van der Waals surface area contributed by atoms with Crippen LogP contribution in [0, 0.1) is 0 Å². The molecule has 0 spiro atoms. The standard InChI is InChI=1S/C15H11BrN2O3/c16-12-7-14-13(20-9-21-14)6-11(12)8-17-18-15(19)10-4-2-1-3-5-10/h1-8H,9H2,(H,18,19). The van der Waals surface area contributed by atoms with E-state index in [1.807, 2.05) is 12.1 Å². The largest absolute Gasteiger partial charge is 0.454 e. The van der Waals surface area contributed by atoms with Gasteiger partial charge in [-0.05, 0) is 40.2 Å². The van der Waals surface area contributed by atoms with E-state index < -0.39 is 0 Å². The average molecular weight is 347 g/mol. The van der Waals surface area contributed by atoms with Gasteiger partial charge >= 0.3 is 0 Å². The smallest absolute Gasteiger partial charge is 0.271 e. The molecule has 6 heteroatoms. The zero-order valence-corrected chi connectivity index (χ0v) is 12.5. The van der Waals surface area contributed by atoms with Gasteiger partial charge in [-0.3, -0.25) is 4.79 Å². The predicted octanol–water partition coefficient (Wildman–Crippen LogP) is 2.94. The van der Waals surface area contributed by atoms with Gasteiger partial charge in [-0.25, -0.2) is 5.43 Å². The van der Waals surface area contributed by atoms with Crippen molar-refractivity contribution in [2.24, 2.45) is 5.10 Å². The highest BCUT2D eigenvalue weighted by Crippen LogP contribution is 2.36. The maximum Gasteiger partial charge on any atom is 0.271 e. The monoisotopic (exact) mass is 346 g/mol. The van der Waals surface area contributed by atoms with Crippen molar-refractivity contribution < 1.29 is 14.3 Å². The van der Waals surface area contributed by atoms with E-state index in [1.165, 1.54) is 0 Å². The number of hydrazone groups is 1. The molecular weight excluding hydrogens is 336 g/mol. The Morgan fingerprint density at radius 2 is 1.90 bits per heavy atom. The van der Waals surface area contributed by atoms with Crippen LogP contribution in [0.25, 0.3) is 0 Å². The Balaban J connectivity index is 1.71. The Labute approximate surface area is 129 Å². The van der Waals surface area contributed by atoms with E-state index in [9.17, 15) is 4.79 Å². The number of benzene rings is 2. The summed E-state index contributed by atoms with van der Waals surface area (Å²) in [5, 5.41) is 3.95. The van der Waals surface area contributed by atoms with Crippen LogP contribution in [0.3, 0.4) is 0 Å². The number of rotatable bonds is 3. The summed E-state index contributed by atoms with van der Waals surface area (Å²) in [5.41, 5.74) is 3.82. The maximum atomic E-state index is 11.8. The van der Waals surface area contributed by atoms with E-state index in [0.717, 1.165) is 10.0 Å². The molecule has 2 aromatic rings. The summed E-state index contributed by atoms with van der Waals surface area (Å²) in [7, 11) is 0. The SMILES string of the molecule is O=C(NN=Cc1cc2c(cc1Br)OCO2)c1ccccc1. The first-order chi connectivity index (χ1) is 10.2. The molecule has 0 radical (unpaired) electrons. The zero-order chi connectivity index (χ0) is 14.7. The van der Waals surface area contributed by atoms with Crippen molar-refractivity contribution in [3.8, 4) is 11.5 Å². The van der Waals surface area contributed by atoms with Gasteiger partial charge in [0.15, 0.2) is 11.5 Å². The minimum atomic E-state index is -0.260. The van der Waals surface area contributed by atoms with E-state index in [0.29, 0.717) is 17.1 Å². The van der Waals surface area contributed by atoms with Crippen molar-refractivity contribution >= 4 is 28.1 Å². The van der Waals surface area contributed by atoms with Crippen molar-refractivity contribution in [1.29, 1.82) is 0 Å². The number of nitrogens with zero attached hydrogens (tertiary/aromatic N) is 1. The number of carbonyl (C=O) groups excluding carboxylic acids is 1. The lowest BCUT2D eigenvalue weighted by molar-refractivity contribution is 0.0955. The van der Waals surface area contributed by atoms with Crippen LogP contribution < -0.4 is 14.9 Å². The summed E-state index contributed by atoms with van der Waals surface area (Å²) in [4.78, 5) is 11.8. The number of ether oxygens (including phenoxy) is 2. The molecule has 0 saturated heterocycles. The molecule has 1 heterocycles. The first-order valence-corrected chi connectivity index (χ1v) is 7.01. The second-order valence-electron chi connectivity index (χ2n) is 4.29. The van der Waals surface area contributed by atoms with Gasteiger partial charge in [0.25, 0.3) is 5.91 Å². The van der Waals surface area contributed by atoms with E-state index in [-0.39, 0.29) is 12.7 Å². The van der Waals surface area contributed by atoms with Crippen LogP contribution in [-0.4, -0.2) is 18.9 Å². The Kier molecular flexibility index (Phi) is 3.87. The molecule has 0 unspecified atom stereocenters. The molecule has 0 aromatic heterocycles. The molecule has 0 aliphatic carbocycles. The van der Waals surface area contributed by atoms with Gasteiger partial charge in [0, 0.05) is 15.6 Å². The molecule has 0 saturated carbocycles. The van der Waals surface area contributed by atoms with Crippen LogP contribution in [-0.2, 0) is 0 Å². The number of carbonyl (C=O) groups is 1. The van der Waals surface area contributed by atoms with Gasteiger partial charge in [-0.1, -0.05) is 18.2 Å². The predicted molar refractivity (Wildman–Crippen MR) is 81.8 cm³/mol. The molecule has 1 amide bonds. The minimum Gasteiger partial charge on any atom is -0.454 e. The molecule has 0 bridgehead atoms. The fraction of sp³-hybridized carbons (Fsp3) is 0.0667. The summed E-state index contributed by atoms with van der Waals surface area (Å²) >= 11 is 3.42. The van der Waals surface area contributed by atoms with Gasteiger partial charge in [-0.15, -0.1) is 0 Å². The molecule has 1 aliphatic heterocycles. The maximum absolute atomic E-state index is 11.8. The summed E-state index contributed by atoms with van der Waals surface area (Å²) in [6.07, 6.45) is 1.55. The summed E-state index contributed by atoms with van der Waals surface area (Å²) in [6.45, 7) is 0.215. The van der Waals surface area contributed by atoms with Crippen LogP contribution in [0.4, 0.5) is 0 Å². The fourth-order valence-electron chi connectivity index (χ4n) is 1.85. The molecule has 21 heavy (non-hydrogen) atoms. The zero-order valence-electron chi connectivity index (χ0n) is 10.9. The summed E-state index contributed by atoms with van der Waals surface area (Å²) < 4.78 is 11.4. The number of amides is 1. The number of nitrogens with one attached hydrogen (secondary N) is 1. The second-order valence-corrected chi connectivity index (χ2v) is 5.15. The number of hydrogen-bond acceptors (Lipinski definition) is 4. The highest BCUT2D eigenvalue weighted by atomic mass is 79.9. The summed E-state index contributed by atoms with van der Waals surface area (Å²) in [5.74, 6) is 1.09. The number of hydrogen-bond donors (Lipinski definition) is 1. The quantitative estimate of drug-likeness (QED) is 0.686. The number of halogens is 1. The Hall–Kier alpha value is -2.34. The van der Waals surface area contributed by atoms with Gasteiger partial charge < -0.3 is 9.47 Å². The van der Waals surface area contributed by atoms with Gasteiger partial charge in [0.1, 0.15) is 0 Å². The van der Waals surface area contributed by atoms with Gasteiger partial charge in [0.2, 0.25) is 6.79 Å². The second kappa shape index (κ2) is 5.97. The Bertz CT molecular complexity index is 702. The van der Waals surface area contributed by atoms with Crippen LogP contribution in [0.2, 0.25) is 0 Å². The molecule has 2 aromatic carbocycles. The molecule has 0 atom stereocenters. The van der Waals surface area contributed by atoms with Crippen molar-refractivity contribution in [2.45, 2.75) is 0 Å². The van der Waals surface area contributed by atoms with Gasteiger partial charge in [0.05, 0.1) is 6.21 Å². The third-order valence-corrected chi connectivity index (χ3v) is 3.58. The molecule has 5 nitrogen and oxygen atoms in total. The van der Waals surface area contributed by atoms with Crippen molar-refractivity contribution in [3.05, 3.63) is 58.1 Å². The third kappa shape index (κ3) is 3.05. The molecule has 3 rings (SSSR count). The highest BCUT2D eigenvalue weighted by molar-refractivity contribution is 9.10. The third-order valence-electron chi connectivity index (χ3n) is 2.90. The Morgan fingerprint density at radius 3 is 2.67 bits per heavy atom. The Morgan fingerprint density at radius 1 is 1.19 bits per heavy atom. The molecule has 1 N–H and O–H groups in total. The normalized spacial score (nSPS) is 12.6. The minimum absolute atomic E-state index is 0.215. The molecular formula is C15H11BrN2O3. The van der Waals surface area contributed by atoms with E-state index in [1.54, 1.807) is 36.5 Å².